The van der Waals surface area contributed by atoms with Crippen LogP contribution in [0.15, 0.2) is 4.99 Å². The van der Waals surface area contributed by atoms with Crippen LogP contribution >= 0.6 is 0 Å². The van der Waals surface area contributed by atoms with E-state index in [1.165, 1.54) is 0 Å². The molecule has 0 amide bonds. The van der Waals surface area contributed by atoms with Crippen molar-refractivity contribution >= 4 is 5.96 Å². The largest absolute Gasteiger partial charge is 0.356 e. The van der Waals surface area contributed by atoms with Crippen LogP contribution in [0.25, 0.3) is 0 Å². The molecule has 15 heavy (non-hydrogen) atoms. The summed E-state index contributed by atoms with van der Waals surface area (Å²) in [5.41, 5.74) is 0.183. The molecule has 4 nitrogen and oxygen atoms in total. The van der Waals surface area contributed by atoms with Gasteiger partial charge in [-0.3, -0.25) is 4.99 Å². The van der Waals surface area contributed by atoms with Crippen molar-refractivity contribution in [3.63, 3.8) is 0 Å². The highest BCUT2D eigenvalue weighted by atomic mass is 15.2. The third-order valence-corrected chi connectivity index (χ3v) is 1.84. The lowest BCUT2D eigenvalue weighted by atomic mass is 10.1. The van der Waals surface area contributed by atoms with Gasteiger partial charge in [-0.25, -0.2) is 0 Å². The van der Waals surface area contributed by atoms with E-state index in [1.54, 1.807) is 7.05 Å². The first-order valence-corrected chi connectivity index (χ1v) is 5.69. The number of nitrogens with zero attached hydrogens (tertiary/aromatic N) is 1. The summed E-state index contributed by atoms with van der Waals surface area (Å²) < 4.78 is 0. The van der Waals surface area contributed by atoms with Crippen LogP contribution in [0.1, 0.15) is 34.1 Å². The first kappa shape index (κ1) is 14.2. The van der Waals surface area contributed by atoms with Gasteiger partial charge in [0.05, 0.1) is 0 Å². The van der Waals surface area contributed by atoms with Gasteiger partial charge in [0.25, 0.3) is 0 Å². The average Bonchev–Trinajstić information content (AvgIpc) is 2.15. The zero-order valence-corrected chi connectivity index (χ0v) is 10.8. The SMILES string of the molecule is CCCNC(=NC)NCCNC(C)(C)C. The smallest absolute Gasteiger partial charge is 0.191 e. The van der Waals surface area contributed by atoms with Gasteiger partial charge < -0.3 is 16.0 Å². The van der Waals surface area contributed by atoms with Gasteiger partial charge in [0.2, 0.25) is 0 Å². The molecule has 0 aromatic rings. The van der Waals surface area contributed by atoms with Crippen molar-refractivity contribution in [2.75, 3.05) is 26.7 Å². The predicted octanol–water partition coefficient (Wildman–Crippen LogP) is 0.950. The second kappa shape index (κ2) is 7.51. The van der Waals surface area contributed by atoms with Gasteiger partial charge in [-0.05, 0) is 27.2 Å². The fraction of sp³-hybridized carbons (Fsp3) is 0.909. The van der Waals surface area contributed by atoms with E-state index in [-0.39, 0.29) is 5.54 Å². The van der Waals surface area contributed by atoms with Crippen molar-refractivity contribution in [1.29, 1.82) is 0 Å². The molecule has 0 spiro atoms. The predicted molar refractivity (Wildman–Crippen MR) is 67.4 cm³/mol. The van der Waals surface area contributed by atoms with Crippen LogP contribution in [-0.4, -0.2) is 38.2 Å². The molecule has 0 aliphatic heterocycles. The van der Waals surface area contributed by atoms with Gasteiger partial charge >= 0.3 is 0 Å². The highest BCUT2D eigenvalue weighted by Gasteiger charge is 2.07. The van der Waals surface area contributed by atoms with Crippen LogP contribution in [-0.2, 0) is 0 Å². The molecule has 0 saturated heterocycles. The van der Waals surface area contributed by atoms with Crippen LogP contribution in [0, 0.1) is 0 Å². The molecule has 0 aromatic heterocycles. The Bertz CT molecular complexity index is 182. The maximum atomic E-state index is 4.13. The molecule has 0 fully saturated rings. The molecule has 0 radical (unpaired) electrons. The second-order valence-electron chi connectivity index (χ2n) is 4.60. The Kier molecular flexibility index (Phi) is 7.13. The summed E-state index contributed by atoms with van der Waals surface area (Å²) in [5.74, 6) is 0.882. The lowest BCUT2D eigenvalue weighted by Crippen LogP contribution is -2.44. The minimum atomic E-state index is 0.183. The summed E-state index contributed by atoms with van der Waals surface area (Å²) in [5, 5.41) is 9.89. The van der Waals surface area contributed by atoms with Gasteiger partial charge in [0.15, 0.2) is 5.96 Å². The van der Waals surface area contributed by atoms with Crippen LogP contribution < -0.4 is 16.0 Å². The maximum Gasteiger partial charge on any atom is 0.191 e. The monoisotopic (exact) mass is 214 g/mol. The minimum absolute atomic E-state index is 0.183. The fourth-order valence-corrected chi connectivity index (χ4v) is 1.08. The summed E-state index contributed by atoms with van der Waals surface area (Å²) >= 11 is 0. The van der Waals surface area contributed by atoms with Crippen molar-refractivity contribution in [2.24, 2.45) is 4.99 Å². The van der Waals surface area contributed by atoms with E-state index < -0.39 is 0 Å². The van der Waals surface area contributed by atoms with E-state index in [1.807, 2.05) is 0 Å². The standard InChI is InChI=1S/C11H26N4/c1-6-7-13-10(12-5)14-8-9-15-11(2,3)4/h15H,6-9H2,1-5H3,(H2,12,13,14). The van der Waals surface area contributed by atoms with Crippen LogP contribution in [0.5, 0.6) is 0 Å². The Hall–Kier alpha value is -0.770. The lowest BCUT2D eigenvalue weighted by Gasteiger charge is -2.21. The van der Waals surface area contributed by atoms with Crippen molar-refractivity contribution in [2.45, 2.75) is 39.7 Å². The molecule has 0 aliphatic rings. The molecule has 0 aromatic carbocycles. The molecule has 0 saturated carbocycles. The van der Waals surface area contributed by atoms with E-state index in [0.717, 1.165) is 32.0 Å². The minimum Gasteiger partial charge on any atom is -0.356 e. The van der Waals surface area contributed by atoms with Crippen molar-refractivity contribution in [3.05, 3.63) is 0 Å². The molecule has 4 heteroatoms. The maximum absolute atomic E-state index is 4.13. The molecular formula is C11H26N4. The van der Waals surface area contributed by atoms with Crippen LogP contribution in [0.2, 0.25) is 0 Å². The first-order chi connectivity index (χ1) is 6.99. The van der Waals surface area contributed by atoms with Gasteiger partial charge in [-0.1, -0.05) is 6.92 Å². The van der Waals surface area contributed by atoms with Gasteiger partial charge in [-0.2, -0.15) is 0 Å². The zero-order valence-electron chi connectivity index (χ0n) is 10.8. The van der Waals surface area contributed by atoms with E-state index in [2.05, 4.69) is 48.6 Å². The Labute approximate surface area is 93.9 Å². The first-order valence-electron chi connectivity index (χ1n) is 5.69. The summed E-state index contributed by atoms with van der Waals surface area (Å²) in [4.78, 5) is 4.13. The van der Waals surface area contributed by atoms with E-state index in [9.17, 15) is 0 Å². The van der Waals surface area contributed by atoms with Gasteiger partial charge in [0, 0.05) is 32.2 Å². The van der Waals surface area contributed by atoms with Gasteiger partial charge in [-0.15, -0.1) is 0 Å². The summed E-state index contributed by atoms with van der Waals surface area (Å²) in [6.45, 7) is 11.4. The topological polar surface area (TPSA) is 48.5 Å². The lowest BCUT2D eigenvalue weighted by molar-refractivity contribution is 0.428. The molecule has 0 heterocycles. The molecule has 0 unspecified atom stereocenters. The summed E-state index contributed by atoms with van der Waals surface area (Å²) in [6, 6.07) is 0. The molecule has 0 aliphatic carbocycles. The van der Waals surface area contributed by atoms with E-state index in [4.69, 9.17) is 0 Å². The quantitative estimate of drug-likeness (QED) is 0.363. The van der Waals surface area contributed by atoms with Crippen molar-refractivity contribution in [3.8, 4) is 0 Å². The van der Waals surface area contributed by atoms with E-state index in [0.29, 0.717) is 0 Å². The molecule has 0 rings (SSSR count). The highest BCUT2D eigenvalue weighted by molar-refractivity contribution is 5.79. The number of nitrogens with one attached hydrogen (secondary N) is 3. The third kappa shape index (κ3) is 9.53. The number of guanidine groups is 1. The number of hydrogen-bond donors (Lipinski definition) is 3. The molecule has 0 atom stereocenters. The Morgan fingerprint density at radius 3 is 2.13 bits per heavy atom. The summed E-state index contributed by atoms with van der Waals surface area (Å²) in [7, 11) is 1.79. The molecule has 3 N–H and O–H groups in total. The van der Waals surface area contributed by atoms with Crippen LogP contribution in [0.3, 0.4) is 0 Å². The molecule has 90 valence electrons. The van der Waals surface area contributed by atoms with Crippen molar-refractivity contribution in [1.82, 2.24) is 16.0 Å². The Balaban J connectivity index is 3.56. The number of rotatable bonds is 5. The fourth-order valence-electron chi connectivity index (χ4n) is 1.08. The van der Waals surface area contributed by atoms with Gasteiger partial charge in [0.1, 0.15) is 0 Å². The van der Waals surface area contributed by atoms with Crippen molar-refractivity contribution < 1.29 is 0 Å². The molecular weight excluding hydrogens is 188 g/mol. The van der Waals surface area contributed by atoms with E-state index >= 15 is 0 Å². The third-order valence-electron chi connectivity index (χ3n) is 1.84. The number of hydrogen-bond acceptors (Lipinski definition) is 2. The summed E-state index contributed by atoms with van der Waals surface area (Å²) in [6.07, 6.45) is 1.11. The Morgan fingerprint density at radius 1 is 1.07 bits per heavy atom. The van der Waals surface area contributed by atoms with Crippen LogP contribution in [0.4, 0.5) is 0 Å². The average molecular weight is 214 g/mol. The normalized spacial score (nSPS) is 12.7. The second-order valence-corrected chi connectivity index (χ2v) is 4.60. The molecule has 0 bridgehead atoms. The zero-order chi connectivity index (χ0) is 11.7. The number of aliphatic imine (C=N–C) groups is 1. The Morgan fingerprint density at radius 2 is 1.67 bits per heavy atom. The highest BCUT2D eigenvalue weighted by Crippen LogP contribution is 1.96.